The Hall–Kier alpha value is -0.900. The molecule has 0 rings (SSSR count). The van der Waals surface area contributed by atoms with Crippen LogP contribution < -0.4 is 5.32 Å². The average Bonchev–Trinajstić information content (AvgIpc) is 2.19. The first-order valence-electron chi connectivity index (χ1n) is 6.38. The van der Waals surface area contributed by atoms with Crippen molar-refractivity contribution in [3.63, 3.8) is 0 Å². The number of hydrogen-bond donors (Lipinski definition) is 1. The maximum Gasteiger partial charge on any atom is 0.246 e. The molecule has 1 atom stereocenters. The Morgan fingerprint density at radius 2 is 1.61 bits per heavy atom. The third-order valence-corrected chi connectivity index (χ3v) is 2.43. The predicted molar refractivity (Wildman–Crippen MR) is 72.3 cm³/mol. The molecule has 0 bridgehead atoms. The summed E-state index contributed by atoms with van der Waals surface area (Å²) in [4.78, 5) is 23.4. The van der Waals surface area contributed by atoms with Gasteiger partial charge in [-0.2, -0.15) is 0 Å². The van der Waals surface area contributed by atoms with E-state index in [1.54, 1.807) is 0 Å². The van der Waals surface area contributed by atoms with Crippen LogP contribution in [0, 0.1) is 11.3 Å². The number of Topliss-reactive ketones (excluding diaryl/α,β-unsaturated/α-hetero) is 1. The highest BCUT2D eigenvalue weighted by atomic mass is 16.5. The van der Waals surface area contributed by atoms with E-state index in [0.717, 1.165) is 0 Å². The first-order valence-corrected chi connectivity index (χ1v) is 6.38. The molecule has 0 aromatic heterocycles. The van der Waals surface area contributed by atoms with Gasteiger partial charge in [0.15, 0.2) is 0 Å². The molecular weight excluding hydrogens is 230 g/mol. The van der Waals surface area contributed by atoms with Gasteiger partial charge in [-0.15, -0.1) is 0 Å². The van der Waals surface area contributed by atoms with Crippen LogP contribution >= 0.6 is 0 Å². The molecule has 0 aromatic carbocycles. The van der Waals surface area contributed by atoms with Crippen molar-refractivity contribution in [1.29, 1.82) is 0 Å². The molecule has 0 unspecified atom stereocenters. The van der Waals surface area contributed by atoms with E-state index in [-0.39, 0.29) is 35.2 Å². The van der Waals surface area contributed by atoms with Gasteiger partial charge in [0.25, 0.3) is 0 Å². The van der Waals surface area contributed by atoms with Crippen molar-refractivity contribution < 1.29 is 14.3 Å². The fourth-order valence-corrected chi connectivity index (χ4v) is 1.43. The SMILES string of the molecule is C[C@@H](CNC(=O)COC(C)(C)C)C(=O)C(C)(C)C. The van der Waals surface area contributed by atoms with Gasteiger partial charge in [0.05, 0.1) is 5.60 Å². The minimum Gasteiger partial charge on any atom is -0.366 e. The lowest BCUT2D eigenvalue weighted by molar-refractivity contribution is -0.132. The Morgan fingerprint density at radius 3 is 2.00 bits per heavy atom. The molecule has 0 radical (unpaired) electrons. The van der Waals surface area contributed by atoms with Gasteiger partial charge in [-0.25, -0.2) is 0 Å². The van der Waals surface area contributed by atoms with Gasteiger partial charge < -0.3 is 10.1 Å². The highest BCUT2D eigenvalue weighted by molar-refractivity contribution is 5.86. The molecule has 0 spiro atoms. The first kappa shape index (κ1) is 17.1. The molecule has 0 heterocycles. The van der Waals surface area contributed by atoms with E-state index >= 15 is 0 Å². The van der Waals surface area contributed by atoms with Crippen molar-refractivity contribution in [2.24, 2.45) is 11.3 Å². The summed E-state index contributed by atoms with van der Waals surface area (Å²) in [6, 6.07) is 0. The van der Waals surface area contributed by atoms with Crippen LogP contribution in [0.1, 0.15) is 48.5 Å². The number of ether oxygens (including phenoxy) is 1. The molecule has 18 heavy (non-hydrogen) atoms. The normalized spacial score (nSPS) is 14.2. The number of ketones is 1. The van der Waals surface area contributed by atoms with E-state index in [1.165, 1.54) is 0 Å². The zero-order valence-corrected chi connectivity index (χ0v) is 12.7. The van der Waals surface area contributed by atoms with Crippen molar-refractivity contribution in [2.45, 2.75) is 54.1 Å². The predicted octanol–water partition coefficient (Wildman–Crippen LogP) is 2.17. The number of amides is 1. The zero-order valence-electron chi connectivity index (χ0n) is 12.7. The van der Waals surface area contributed by atoms with E-state index in [0.29, 0.717) is 6.54 Å². The summed E-state index contributed by atoms with van der Waals surface area (Å²) in [5, 5.41) is 2.72. The number of nitrogens with one attached hydrogen (secondary N) is 1. The third kappa shape index (κ3) is 7.43. The average molecular weight is 257 g/mol. The Bertz CT molecular complexity index is 297. The Kier molecular flexibility index (Phi) is 6.00. The molecule has 0 aromatic rings. The van der Waals surface area contributed by atoms with Crippen LogP contribution in [0.15, 0.2) is 0 Å². The summed E-state index contributed by atoms with van der Waals surface area (Å²) in [7, 11) is 0. The summed E-state index contributed by atoms with van der Waals surface area (Å²) in [6.45, 7) is 13.6. The number of carbonyl (C=O) groups excluding carboxylic acids is 2. The van der Waals surface area contributed by atoms with Gasteiger partial charge in [-0.3, -0.25) is 9.59 Å². The fourth-order valence-electron chi connectivity index (χ4n) is 1.43. The molecule has 1 N–H and O–H groups in total. The van der Waals surface area contributed by atoms with Gasteiger partial charge >= 0.3 is 0 Å². The zero-order chi connectivity index (χ0) is 14.6. The molecule has 0 aliphatic heterocycles. The molecule has 0 aliphatic carbocycles. The van der Waals surface area contributed by atoms with Crippen molar-refractivity contribution in [2.75, 3.05) is 13.2 Å². The molecule has 4 heteroatoms. The third-order valence-electron chi connectivity index (χ3n) is 2.43. The van der Waals surface area contributed by atoms with Gasteiger partial charge in [-0.05, 0) is 20.8 Å². The minimum absolute atomic E-state index is 0.0277. The second-order valence-corrected chi connectivity index (χ2v) is 6.72. The molecule has 0 saturated carbocycles. The largest absolute Gasteiger partial charge is 0.366 e. The van der Waals surface area contributed by atoms with Crippen molar-refractivity contribution in [3.8, 4) is 0 Å². The van der Waals surface area contributed by atoms with Crippen molar-refractivity contribution in [1.82, 2.24) is 5.32 Å². The minimum atomic E-state index is -0.369. The highest BCUT2D eigenvalue weighted by Crippen LogP contribution is 2.19. The second kappa shape index (κ2) is 6.32. The standard InChI is InChI=1S/C14H27NO3/c1-10(12(17)13(2,3)4)8-15-11(16)9-18-14(5,6)7/h10H,8-9H2,1-7H3,(H,15,16)/t10-/m0/s1. The summed E-state index contributed by atoms with van der Waals surface area (Å²) < 4.78 is 5.35. The van der Waals surface area contributed by atoms with Gasteiger partial charge in [0.2, 0.25) is 5.91 Å². The van der Waals surface area contributed by atoms with E-state index in [9.17, 15) is 9.59 Å². The maximum atomic E-state index is 11.9. The molecule has 0 fully saturated rings. The fraction of sp³-hybridized carbons (Fsp3) is 0.857. The summed E-state index contributed by atoms with van der Waals surface area (Å²) in [5.41, 5.74) is -0.698. The highest BCUT2D eigenvalue weighted by Gasteiger charge is 2.26. The van der Waals surface area contributed by atoms with Gasteiger partial charge in [0.1, 0.15) is 12.4 Å². The number of hydrogen-bond acceptors (Lipinski definition) is 3. The maximum absolute atomic E-state index is 11.9. The van der Waals surface area contributed by atoms with Crippen LogP contribution in [0.3, 0.4) is 0 Å². The topological polar surface area (TPSA) is 55.4 Å². The Morgan fingerprint density at radius 1 is 1.11 bits per heavy atom. The van der Waals surface area contributed by atoms with Crippen molar-refractivity contribution >= 4 is 11.7 Å². The molecule has 0 aliphatic rings. The van der Waals surface area contributed by atoms with Gasteiger partial charge in [0, 0.05) is 17.9 Å². The quantitative estimate of drug-likeness (QED) is 0.821. The number of carbonyl (C=O) groups is 2. The Balaban J connectivity index is 4.04. The van der Waals surface area contributed by atoms with E-state index in [1.807, 2.05) is 48.5 Å². The lowest BCUT2D eigenvalue weighted by atomic mass is 9.84. The van der Waals surface area contributed by atoms with E-state index < -0.39 is 0 Å². The van der Waals surface area contributed by atoms with Crippen LogP contribution in [0.25, 0.3) is 0 Å². The van der Waals surface area contributed by atoms with Gasteiger partial charge in [-0.1, -0.05) is 27.7 Å². The second-order valence-electron chi connectivity index (χ2n) is 6.72. The lowest BCUT2D eigenvalue weighted by Gasteiger charge is -2.22. The van der Waals surface area contributed by atoms with Crippen LogP contribution in [-0.2, 0) is 14.3 Å². The first-order chi connectivity index (χ1) is 7.93. The number of rotatable bonds is 5. The lowest BCUT2D eigenvalue weighted by Crippen LogP contribution is -2.38. The van der Waals surface area contributed by atoms with Crippen LogP contribution in [-0.4, -0.2) is 30.4 Å². The molecule has 4 nitrogen and oxygen atoms in total. The molecular formula is C14H27NO3. The van der Waals surface area contributed by atoms with Crippen LogP contribution in [0.2, 0.25) is 0 Å². The monoisotopic (exact) mass is 257 g/mol. The summed E-state index contributed by atoms with van der Waals surface area (Å²) in [6.07, 6.45) is 0. The smallest absolute Gasteiger partial charge is 0.246 e. The molecule has 106 valence electrons. The van der Waals surface area contributed by atoms with Crippen LogP contribution in [0.5, 0.6) is 0 Å². The van der Waals surface area contributed by atoms with E-state index in [2.05, 4.69) is 5.32 Å². The summed E-state index contributed by atoms with van der Waals surface area (Å²) in [5.74, 6) is -0.207. The summed E-state index contributed by atoms with van der Waals surface area (Å²) >= 11 is 0. The Labute approximate surface area is 110 Å². The van der Waals surface area contributed by atoms with Crippen LogP contribution in [0.4, 0.5) is 0 Å². The molecule has 1 amide bonds. The van der Waals surface area contributed by atoms with E-state index in [4.69, 9.17) is 4.74 Å². The molecule has 0 saturated heterocycles. The van der Waals surface area contributed by atoms with Crippen molar-refractivity contribution in [3.05, 3.63) is 0 Å².